The Morgan fingerprint density at radius 3 is 2.42 bits per heavy atom. The van der Waals surface area contributed by atoms with Gasteiger partial charge in [-0.3, -0.25) is 15.1 Å². The van der Waals surface area contributed by atoms with E-state index < -0.39 is 4.92 Å². The van der Waals surface area contributed by atoms with Crippen LogP contribution in [0, 0.1) is 10.1 Å². The molecule has 2 aromatic rings. The normalized spacial score (nSPS) is 14.9. The highest BCUT2D eigenvalue weighted by Crippen LogP contribution is 2.24. The predicted molar refractivity (Wildman–Crippen MR) is 92.3 cm³/mol. The largest absolute Gasteiger partial charge is 0.872 e. The van der Waals surface area contributed by atoms with Crippen LogP contribution in [0.25, 0.3) is 0 Å². The van der Waals surface area contributed by atoms with Gasteiger partial charge in [0, 0.05) is 37.1 Å². The Bertz CT molecular complexity index is 751. The summed E-state index contributed by atoms with van der Waals surface area (Å²) in [6.45, 7) is 2.16. The van der Waals surface area contributed by atoms with Crippen molar-refractivity contribution >= 4 is 23.3 Å². The number of piperidine rings is 1. The fourth-order valence-corrected chi connectivity index (χ4v) is 2.80. The summed E-state index contributed by atoms with van der Waals surface area (Å²) in [6, 6.07) is 11.5. The van der Waals surface area contributed by atoms with Gasteiger partial charge in [-0.15, -0.1) is 0 Å². The SMILES string of the molecule is O=[N+]([O-])c1ccc([O-])c(C=Nc2ccc(N3CCCCC3)cc2)c1. The van der Waals surface area contributed by atoms with Gasteiger partial charge in [-0.05, 0) is 49.1 Å². The number of nitro benzene ring substituents is 1. The number of benzene rings is 2. The minimum Gasteiger partial charge on any atom is -0.872 e. The van der Waals surface area contributed by atoms with E-state index in [0.29, 0.717) is 5.69 Å². The second-order valence-electron chi connectivity index (χ2n) is 5.80. The molecule has 0 amide bonds. The van der Waals surface area contributed by atoms with Crippen molar-refractivity contribution in [2.24, 2.45) is 4.99 Å². The van der Waals surface area contributed by atoms with Crippen molar-refractivity contribution in [3.63, 3.8) is 0 Å². The molecule has 0 bridgehead atoms. The third-order valence-corrected chi connectivity index (χ3v) is 4.13. The number of rotatable bonds is 4. The van der Waals surface area contributed by atoms with Crippen LogP contribution >= 0.6 is 0 Å². The van der Waals surface area contributed by atoms with E-state index in [4.69, 9.17) is 0 Å². The van der Waals surface area contributed by atoms with Gasteiger partial charge in [-0.25, -0.2) is 0 Å². The molecular formula is C18H18N3O3-. The van der Waals surface area contributed by atoms with Crippen molar-refractivity contribution in [1.82, 2.24) is 0 Å². The zero-order chi connectivity index (χ0) is 16.9. The number of aliphatic imine (C=N–C) groups is 1. The van der Waals surface area contributed by atoms with Crippen molar-refractivity contribution in [2.45, 2.75) is 19.3 Å². The monoisotopic (exact) mass is 324 g/mol. The number of nitrogens with zero attached hydrogens (tertiary/aromatic N) is 3. The first-order valence-electron chi connectivity index (χ1n) is 7.98. The third-order valence-electron chi connectivity index (χ3n) is 4.13. The number of anilines is 1. The fraction of sp³-hybridized carbons (Fsp3) is 0.278. The summed E-state index contributed by atoms with van der Waals surface area (Å²) in [7, 11) is 0. The topological polar surface area (TPSA) is 81.8 Å². The van der Waals surface area contributed by atoms with E-state index in [9.17, 15) is 15.2 Å². The number of nitro groups is 1. The minimum absolute atomic E-state index is 0.114. The molecule has 1 aliphatic rings. The molecule has 3 rings (SSSR count). The molecule has 0 spiro atoms. The van der Waals surface area contributed by atoms with Crippen molar-refractivity contribution in [1.29, 1.82) is 0 Å². The van der Waals surface area contributed by atoms with Crippen LogP contribution in [-0.2, 0) is 0 Å². The first-order chi connectivity index (χ1) is 11.6. The van der Waals surface area contributed by atoms with E-state index in [1.54, 1.807) is 0 Å². The van der Waals surface area contributed by atoms with Crippen LogP contribution in [0.15, 0.2) is 47.5 Å². The molecule has 1 fully saturated rings. The van der Waals surface area contributed by atoms with Crippen molar-refractivity contribution < 1.29 is 10.0 Å². The van der Waals surface area contributed by atoms with Gasteiger partial charge in [0.1, 0.15) is 0 Å². The molecule has 0 atom stereocenters. The smallest absolute Gasteiger partial charge is 0.270 e. The molecule has 6 heteroatoms. The Hall–Kier alpha value is -2.89. The molecule has 124 valence electrons. The predicted octanol–water partition coefficient (Wildman–Crippen LogP) is 3.41. The molecule has 2 aromatic carbocycles. The number of hydrogen-bond donors (Lipinski definition) is 0. The van der Waals surface area contributed by atoms with Crippen LogP contribution in [-0.4, -0.2) is 24.2 Å². The van der Waals surface area contributed by atoms with Crippen LogP contribution in [0.1, 0.15) is 24.8 Å². The summed E-state index contributed by atoms with van der Waals surface area (Å²) in [5, 5.41) is 22.5. The van der Waals surface area contributed by atoms with Crippen LogP contribution in [0.5, 0.6) is 5.75 Å². The lowest BCUT2D eigenvalue weighted by atomic mass is 10.1. The van der Waals surface area contributed by atoms with E-state index in [2.05, 4.69) is 9.89 Å². The number of non-ortho nitro benzene ring substituents is 1. The summed E-state index contributed by atoms with van der Waals surface area (Å²) < 4.78 is 0. The van der Waals surface area contributed by atoms with Crippen molar-refractivity contribution in [2.75, 3.05) is 18.0 Å². The maximum atomic E-state index is 11.8. The third kappa shape index (κ3) is 3.71. The first kappa shape index (κ1) is 16.0. The highest BCUT2D eigenvalue weighted by atomic mass is 16.6. The van der Waals surface area contributed by atoms with E-state index in [1.165, 1.54) is 49.4 Å². The van der Waals surface area contributed by atoms with E-state index in [0.717, 1.165) is 13.1 Å². The molecule has 1 saturated heterocycles. The fourth-order valence-electron chi connectivity index (χ4n) is 2.80. The molecular weight excluding hydrogens is 306 g/mol. The van der Waals surface area contributed by atoms with Gasteiger partial charge >= 0.3 is 0 Å². The highest BCUT2D eigenvalue weighted by Gasteiger charge is 2.10. The second kappa shape index (κ2) is 7.12. The summed E-state index contributed by atoms with van der Waals surface area (Å²) in [5.41, 5.74) is 1.98. The molecule has 0 aliphatic carbocycles. The maximum absolute atomic E-state index is 11.8. The Morgan fingerprint density at radius 2 is 1.75 bits per heavy atom. The quantitative estimate of drug-likeness (QED) is 0.490. The lowest BCUT2D eigenvalue weighted by molar-refractivity contribution is -0.385. The average Bonchev–Trinajstić information content (AvgIpc) is 2.62. The second-order valence-corrected chi connectivity index (χ2v) is 5.80. The molecule has 6 nitrogen and oxygen atoms in total. The molecule has 0 N–H and O–H groups in total. The lowest BCUT2D eigenvalue weighted by Gasteiger charge is -2.28. The minimum atomic E-state index is -0.524. The molecule has 0 unspecified atom stereocenters. The summed E-state index contributed by atoms with van der Waals surface area (Å²) >= 11 is 0. The standard InChI is InChI=1S/C18H19N3O3/c22-18-9-8-17(21(23)24)12-14(18)13-19-15-4-6-16(7-5-15)20-10-2-1-3-11-20/h4-9,12-13,22H,1-3,10-11H2/p-1. The summed E-state index contributed by atoms with van der Waals surface area (Å²) in [5.74, 6) is -0.283. The average molecular weight is 324 g/mol. The van der Waals surface area contributed by atoms with Gasteiger partial charge in [0.15, 0.2) is 0 Å². The lowest BCUT2D eigenvalue weighted by Crippen LogP contribution is -2.29. The molecule has 0 aromatic heterocycles. The van der Waals surface area contributed by atoms with Crippen molar-refractivity contribution in [3.05, 3.63) is 58.1 Å². The van der Waals surface area contributed by atoms with Gasteiger partial charge in [0.25, 0.3) is 5.69 Å². The van der Waals surface area contributed by atoms with E-state index >= 15 is 0 Å². The zero-order valence-electron chi connectivity index (χ0n) is 13.2. The van der Waals surface area contributed by atoms with Crippen LogP contribution in [0.3, 0.4) is 0 Å². The van der Waals surface area contributed by atoms with Crippen LogP contribution < -0.4 is 10.0 Å². The van der Waals surface area contributed by atoms with E-state index in [-0.39, 0.29) is 17.0 Å². The molecule has 1 aliphatic heterocycles. The van der Waals surface area contributed by atoms with Gasteiger partial charge in [0.05, 0.1) is 10.6 Å². The van der Waals surface area contributed by atoms with Gasteiger partial charge in [-0.2, -0.15) is 0 Å². The van der Waals surface area contributed by atoms with E-state index in [1.807, 2.05) is 24.3 Å². The Balaban J connectivity index is 1.75. The molecule has 24 heavy (non-hydrogen) atoms. The summed E-state index contributed by atoms with van der Waals surface area (Å²) in [4.78, 5) is 16.9. The summed E-state index contributed by atoms with van der Waals surface area (Å²) in [6.07, 6.45) is 5.11. The number of hydrogen-bond acceptors (Lipinski definition) is 5. The Labute approximate surface area is 140 Å². The molecule has 0 saturated carbocycles. The van der Waals surface area contributed by atoms with Gasteiger partial charge in [0.2, 0.25) is 0 Å². The first-order valence-corrected chi connectivity index (χ1v) is 7.98. The Morgan fingerprint density at radius 1 is 1.04 bits per heavy atom. The Kier molecular flexibility index (Phi) is 4.74. The zero-order valence-corrected chi connectivity index (χ0v) is 13.2. The maximum Gasteiger partial charge on any atom is 0.270 e. The molecule has 0 radical (unpaired) electrons. The van der Waals surface area contributed by atoms with Gasteiger partial charge < -0.3 is 10.0 Å². The molecule has 1 heterocycles. The van der Waals surface area contributed by atoms with Crippen LogP contribution in [0.4, 0.5) is 17.1 Å². The van der Waals surface area contributed by atoms with Crippen molar-refractivity contribution in [3.8, 4) is 5.75 Å². The van der Waals surface area contributed by atoms with Crippen LogP contribution in [0.2, 0.25) is 0 Å². The highest BCUT2D eigenvalue weighted by molar-refractivity contribution is 5.86. The van der Waals surface area contributed by atoms with Gasteiger partial charge in [-0.1, -0.05) is 11.8 Å².